The Morgan fingerprint density at radius 2 is 2.42 bits per heavy atom. The summed E-state index contributed by atoms with van der Waals surface area (Å²) in [6.45, 7) is 0. The lowest BCUT2D eigenvalue weighted by Crippen LogP contribution is -1.97. The minimum absolute atomic E-state index is 0.285. The van der Waals surface area contributed by atoms with Crippen molar-refractivity contribution in [2.24, 2.45) is 0 Å². The molecule has 1 rings (SSSR count). The fourth-order valence-electron chi connectivity index (χ4n) is 0.592. The molecular weight excluding hydrogens is 194 g/mol. The summed E-state index contributed by atoms with van der Waals surface area (Å²) in [7, 11) is 0. The van der Waals surface area contributed by atoms with Crippen LogP contribution in [0.1, 0.15) is 5.69 Å². The molecule has 3 nitrogen and oxygen atoms in total. The molecule has 2 N–H and O–H groups in total. The topological polar surface area (TPSA) is 51.8 Å². The van der Waals surface area contributed by atoms with Crippen molar-refractivity contribution < 1.29 is 0 Å². The minimum atomic E-state index is 0.285. The fraction of sp³-hybridized carbons (Fsp3) is 0.143. The van der Waals surface area contributed by atoms with Crippen LogP contribution in [0, 0.1) is 11.8 Å². The van der Waals surface area contributed by atoms with Gasteiger partial charge in [0.2, 0.25) is 0 Å². The molecule has 62 valence electrons. The van der Waals surface area contributed by atoms with E-state index in [1.165, 1.54) is 6.20 Å². The van der Waals surface area contributed by atoms with Gasteiger partial charge in [0.25, 0.3) is 0 Å². The predicted molar refractivity (Wildman–Crippen MR) is 52.2 cm³/mol. The summed E-state index contributed by atoms with van der Waals surface area (Å²) in [6.07, 6.45) is 1.38. The smallest absolute Gasteiger partial charge is 0.158 e. The molecule has 0 aliphatic heterocycles. The second-order valence-electron chi connectivity index (χ2n) is 1.89. The number of nitrogens with two attached hydrogens (primary N) is 1. The van der Waals surface area contributed by atoms with Crippen molar-refractivity contribution in [1.29, 1.82) is 0 Å². The highest BCUT2D eigenvalue weighted by Gasteiger charge is 1.98. The van der Waals surface area contributed by atoms with Crippen LogP contribution in [-0.4, -0.2) is 15.7 Å². The third-order valence-electron chi connectivity index (χ3n) is 1.06. The Labute approximate surface area is 80.8 Å². The number of thiol groups is 1. The Morgan fingerprint density at radius 3 is 3.08 bits per heavy atom. The van der Waals surface area contributed by atoms with Gasteiger partial charge >= 0.3 is 0 Å². The van der Waals surface area contributed by atoms with E-state index in [2.05, 4.69) is 34.4 Å². The van der Waals surface area contributed by atoms with Crippen LogP contribution in [0.4, 0.5) is 5.82 Å². The van der Waals surface area contributed by atoms with Crippen LogP contribution in [0.3, 0.4) is 0 Å². The average Bonchev–Trinajstić information content (AvgIpc) is 2.07. The number of nitrogens with zero attached hydrogens (tertiary/aromatic N) is 2. The molecule has 0 aliphatic rings. The fourth-order valence-corrected chi connectivity index (χ4v) is 0.805. The minimum Gasteiger partial charge on any atom is -0.381 e. The SMILES string of the molecule is Nc1ncc(Cl)nc1C#CCS. The third-order valence-corrected chi connectivity index (χ3v) is 1.40. The van der Waals surface area contributed by atoms with Crippen molar-refractivity contribution in [3.63, 3.8) is 0 Å². The van der Waals surface area contributed by atoms with Gasteiger partial charge in [-0.2, -0.15) is 12.6 Å². The average molecular weight is 200 g/mol. The molecule has 0 radical (unpaired) electrons. The van der Waals surface area contributed by atoms with Crippen molar-refractivity contribution in [3.8, 4) is 11.8 Å². The second kappa shape index (κ2) is 4.19. The molecule has 5 heteroatoms. The lowest BCUT2D eigenvalue weighted by atomic mass is 10.4. The van der Waals surface area contributed by atoms with Gasteiger partial charge < -0.3 is 5.73 Å². The van der Waals surface area contributed by atoms with Gasteiger partial charge in [0.1, 0.15) is 5.15 Å². The zero-order chi connectivity index (χ0) is 8.97. The maximum absolute atomic E-state index is 5.58. The predicted octanol–water partition coefficient (Wildman–Crippen LogP) is 0.993. The number of anilines is 1. The molecule has 0 bridgehead atoms. The molecule has 0 atom stereocenters. The van der Waals surface area contributed by atoms with E-state index >= 15 is 0 Å². The monoisotopic (exact) mass is 199 g/mol. The molecule has 0 unspecified atom stereocenters. The van der Waals surface area contributed by atoms with E-state index in [1.54, 1.807) is 0 Å². The second-order valence-corrected chi connectivity index (χ2v) is 2.59. The van der Waals surface area contributed by atoms with Crippen LogP contribution in [0.15, 0.2) is 6.20 Å². The quantitative estimate of drug-likeness (QED) is 0.484. The number of aromatic nitrogens is 2. The van der Waals surface area contributed by atoms with Crippen LogP contribution < -0.4 is 5.73 Å². The summed E-state index contributed by atoms with van der Waals surface area (Å²) in [5.41, 5.74) is 5.87. The molecule has 12 heavy (non-hydrogen) atoms. The van der Waals surface area contributed by atoms with Gasteiger partial charge in [0, 0.05) is 0 Å². The van der Waals surface area contributed by atoms with Crippen LogP contribution >= 0.6 is 24.2 Å². The van der Waals surface area contributed by atoms with Gasteiger partial charge in [0.15, 0.2) is 11.5 Å². The number of nitrogen functional groups attached to an aromatic ring is 1. The van der Waals surface area contributed by atoms with Crippen molar-refractivity contribution in [1.82, 2.24) is 9.97 Å². The summed E-state index contributed by atoms with van der Waals surface area (Å²) in [4.78, 5) is 7.67. The first-order chi connectivity index (χ1) is 5.74. The molecule has 1 aromatic heterocycles. The zero-order valence-corrected chi connectivity index (χ0v) is 7.73. The van der Waals surface area contributed by atoms with Gasteiger partial charge in [-0.1, -0.05) is 17.5 Å². The highest BCUT2D eigenvalue weighted by Crippen LogP contribution is 2.07. The molecule has 0 saturated heterocycles. The summed E-state index contributed by atoms with van der Waals surface area (Å²) >= 11 is 9.50. The van der Waals surface area contributed by atoms with E-state index in [4.69, 9.17) is 17.3 Å². The summed E-state index contributed by atoms with van der Waals surface area (Å²) < 4.78 is 0. The first-order valence-corrected chi connectivity index (χ1v) is 4.13. The van der Waals surface area contributed by atoms with E-state index < -0.39 is 0 Å². The zero-order valence-electron chi connectivity index (χ0n) is 6.08. The number of hydrogen-bond acceptors (Lipinski definition) is 4. The Morgan fingerprint density at radius 1 is 1.67 bits per heavy atom. The molecule has 0 aromatic carbocycles. The van der Waals surface area contributed by atoms with E-state index in [0.29, 0.717) is 11.4 Å². The van der Waals surface area contributed by atoms with Crippen LogP contribution in [0.5, 0.6) is 0 Å². The molecular formula is C7H6ClN3S. The number of rotatable bonds is 0. The van der Waals surface area contributed by atoms with Gasteiger partial charge in [-0.15, -0.1) is 0 Å². The number of halogens is 1. The Hall–Kier alpha value is -0.920. The van der Waals surface area contributed by atoms with Crippen molar-refractivity contribution in [3.05, 3.63) is 17.0 Å². The molecule has 1 aromatic rings. The maximum atomic E-state index is 5.58. The molecule has 0 aliphatic carbocycles. The van der Waals surface area contributed by atoms with Crippen LogP contribution in [0.2, 0.25) is 5.15 Å². The molecule has 0 saturated carbocycles. The lowest BCUT2D eigenvalue weighted by Gasteiger charge is -1.94. The van der Waals surface area contributed by atoms with E-state index in [1.807, 2.05) is 0 Å². The van der Waals surface area contributed by atoms with E-state index in [-0.39, 0.29) is 11.0 Å². The highest BCUT2D eigenvalue weighted by molar-refractivity contribution is 7.80. The highest BCUT2D eigenvalue weighted by atomic mass is 35.5. The summed E-state index contributed by atoms with van der Waals surface area (Å²) in [5, 5.41) is 0.285. The molecule has 1 heterocycles. The van der Waals surface area contributed by atoms with Gasteiger partial charge in [-0.25, -0.2) is 9.97 Å². The molecule has 0 fully saturated rings. The van der Waals surface area contributed by atoms with Gasteiger partial charge in [0.05, 0.1) is 11.9 Å². The lowest BCUT2D eigenvalue weighted by molar-refractivity contribution is 1.18. The maximum Gasteiger partial charge on any atom is 0.158 e. The first kappa shape index (κ1) is 9.17. The molecule has 0 spiro atoms. The standard InChI is InChI=1S/C7H6ClN3S/c8-6-4-10-7(9)5(11-6)2-1-3-12/h4,12H,3H2,(H2,9,10). The van der Waals surface area contributed by atoms with Gasteiger partial charge in [-0.05, 0) is 5.92 Å². The Kier molecular flexibility index (Phi) is 3.20. The van der Waals surface area contributed by atoms with E-state index in [9.17, 15) is 0 Å². The normalized spacial score (nSPS) is 8.83. The molecule has 0 amide bonds. The van der Waals surface area contributed by atoms with E-state index in [0.717, 1.165) is 0 Å². The third kappa shape index (κ3) is 2.29. The largest absolute Gasteiger partial charge is 0.381 e. The van der Waals surface area contributed by atoms with Crippen molar-refractivity contribution >= 4 is 30.0 Å². The first-order valence-electron chi connectivity index (χ1n) is 3.12. The van der Waals surface area contributed by atoms with Crippen LogP contribution in [0.25, 0.3) is 0 Å². The number of hydrogen-bond donors (Lipinski definition) is 2. The Balaban J connectivity index is 3.05. The van der Waals surface area contributed by atoms with Crippen LogP contribution in [-0.2, 0) is 0 Å². The van der Waals surface area contributed by atoms with Crippen molar-refractivity contribution in [2.75, 3.05) is 11.5 Å². The summed E-state index contributed by atoms with van der Waals surface area (Å²) in [5.74, 6) is 6.14. The van der Waals surface area contributed by atoms with Gasteiger partial charge in [-0.3, -0.25) is 0 Å². The Bertz CT molecular complexity index is 342. The summed E-state index contributed by atoms with van der Waals surface area (Å²) in [6, 6.07) is 0. The van der Waals surface area contributed by atoms with Crippen molar-refractivity contribution in [2.45, 2.75) is 0 Å².